The summed E-state index contributed by atoms with van der Waals surface area (Å²) in [5.41, 5.74) is -0.976. The summed E-state index contributed by atoms with van der Waals surface area (Å²) in [4.78, 5) is 21.1. The van der Waals surface area contributed by atoms with Crippen LogP contribution in [0.1, 0.15) is 17.3 Å². The first-order valence-corrected chi connectivity index (χ1v) is 4.70. The average Bonchev–Trinajstić information content (AvgIpc) is 2.28. The molecule has 0 amide bonds. The molecule has 0 saturated carbocycles. The van der Waals surface area contributed by atoms with Crippen LogP contribution in [0.15, 0.2) is 12.1 Å². The van der Waals surface area contributed by atoms with E-state index < -0.39 is 22.4 Å². The van der Waals surface area contributed by atoms with Crippen molar-refractivity contribution in [3.05, 3.63) is 33.6 Å². The second-order valence-electron chi connectivity index (χ2n) is 2.98. The van der Waals surface area contributed by atoms with Crippen molar-refractivity contribution in [3.8, 4) is 5.75 Å². The minimum Gasteiger partial charge on any atom is -0.496 e. The topological polar surface area (TPSA) is 78.7 Å². The molecule has 1 aromatic rings. The highest BCUT2D eigenvalue weighted by molar-refractivity contribution is 5.93. The third kappa shape index (κ3) is 2.68. The molecular weight excluding hydrogens is 233 g/mol. The molecular formula is C10H10FNO5. The van der Waals surface area contributed by atoms with E-state index in [9.17, 15) is 19.3 Å². The van der Waals surface area contributed by atoms with E-state index in [0.29, 0.717) is 0 Å². The fourth-order valence-electron chi connectivity index (χ4n) is 1.22. The molecule has 0 aliphatic carbocycles. The van der Waals surface area contributed by atoms with E-state index in [2.05, 4.69) is 4.74 Å². The smallest absolute Gasteiger partial charge is 0.342 e. The number of rotatable bonds is 4. The summed E-state index contributed by atoms with van der Waals surface area (Å²) in [5, 5.41) is 10.5. The van der Waals surface area contributed by atoms with Crippen molar-refractivity contribution in [2.75, 3.05) is 13.7 Å². The van der Waals surface area contributed by atoms with E-state index in [1.165, 1.54) is 7.11 Å². The van der Waals surface area contributed by atoms with E-state index in [1.54, 1.807) is 6.92 Å². The van der Waals surface area contributed by atoms with E-state index in [4.69, 9.17) is 4.74 Å². The Morgan fingerprint density at radius 2 is 2.18 bits per heavy atom. The SMILES string of the molecule is CCOC(=O)c1cc([N+](=O)[O-])c(F)cc1OC. The lowest BCUT2D eigenvalue weighted by Crippen LogP contribution is -2.08. The van der Waals surface area contributed by atoms with Crippen LogP contribution in [-0.4, -0.2) is 24.6 Å². The van der Waals surface area contributed by atoms with Crippen LogP contribution in [0.2, 0.25) is 0 Å². The van der Waals surface area contributed by atoms with Gasteiger partial charge in [0.05, 0.1) is 18.6 Å². The Balaban J connectivity index is 3.31. The summed E-state index contributed by atoms with van der Waals surface area (Å²) in [7, 11) is 1.23. The Bertz CT molecular complexity index is 460. The van der Waals surface area contributed by atoms with Gasteiger partial charge in [0.2, 0.25) is 5.82 Å². The molecule has 0 spiro atoms. The zero-order valence-electron chi connectivity index (χ0n) is 9.23. The lowest BCUT2D eigenvalue weighted by atomic mass is 10.1. The Labute approximate surface area is 96.1 Å². The molecule has 0 fully saturated rings. The van der Waals surface area contributed by atoms with Crippen LogP contribution in [0, 0.1) is 15.9 Å². The summed E-state index contributed by atoms with van der Waals surface area (Å²) in [5.74, 6) is -1.97. The predicted octanol–water partition coefficient (Wildman–Crippen LogP) is 1.92. The van der Waals surface area contributed by atoms with Gasteiger partial charge < -0.3 is 9.47 Å². The number of carbonyl (C=O) groups excluding carboxylic acids is 1. The maximum atomic E-state index is 13.2. The molecule has 6 nitrogen and oxygen atoms in total. The first-order valence-electron chi connectivity index (χ1n) is 4.70. The number of nitrogens with zero attached hydrogens (tertiary/aromatic N) is 1. The van der Waals surface area contributed by atoms with Gasteiger partial charge in [0.15, 0.2) is 0 Å². The fourth-order valence-corrected chi connectivity index (χ4v) is 1.22. The molecule has 17 heavy (non-hydrogen) atoms. The number of nitro benzene ring substituents is 1. The molecule has 0 heterocycles. The van der Waals surface area contributed by atoms with Crippen molar-refractivity contribution in [2.45, 2.75) is 6.92 Å². The molecule has 0 aliphatic heterocycles. The summed E-state index contributed by atoms with van der Waals surface area (Å²) >= 11 is 0. The Morgan fingerprint density at radius 3 is 2.65 bits per heavy atom. The van der Waals surface area contributed by atoms with Gasteiger partial charge in [-0.15, -0.1) is 0 Å². The van der Waals surface area contributed by atoms with E-state index >= 15 is 0 Å². The summed E-state index contributed by atoms with van der Waals surface area (Å²) in [6.07, 6.45) is 0. The molecule has 1 rings (SSSR count). The second-order valence-corrected chi connectivity index (χ2v) is 2.98. The van der Waals surface area contributed by atoms with Gasteiger partial charge >= 0.3 is 11.7 Å². The highest BCUT2D eigenvalue weighted by Crippen LogP contribution is 2.28. The van der Waals surface area contributed by atoms with E-state index in [-0.39, 0.29) is 17.9 Å². The number of methoxy groups -OCH3 is 1. The van der Waals surface area contributed by atoms with Crippen LogP contribution < -0.4 is 4.74 Å². The zero-order valence-corrected chi connectivity index (χ0v) is 9.23. The van der Waals surface area contributed by atoms with Gasteiger partial charge in [-0.1, -0.05) is 0 Å². The summed E-state index contributed by atoms with van der Waals surface area (Å²) < 4.78 is 22.7. The average molecular weight is 243 g/mol. The number of ether oxygens (including phenoxy) is 2. The first kappa shape index (κ1) is 12.9. The van der Waals surface area contributed by atoms with Crippen LogP contribution in [0.3, 0.4) is 0 Å². The maximum Gasteiger partial charge on any atom is 0.342 e. The van der Waals surface area contributed by atoms with Crippen molar-refractivity contribution in [1.82, 2.24) is 0 Å². The van der Waals surface area contributed by atoms with Crippen LogP contribution >= 0.6 is 0 Å². The molecule has 92 valence electrons. The zero-order chi connectivity index (χ0) is 13.0. The van der Waals surface area contributed by atoms with Crippen molar-refractivity contribution >= 4 is 11.7 Å². The van der Waals surface area contributed by atoms with Crippen molar-refractivity contribution in [2.24, 2.45) is 0 Å². The normalized spacial score (nSPS) is 9.82. The third-order valence-corrected chi connectivity index (χ3v) is 1.96. The number of benzene rings is 1. The highest BCUT2D eigenvalue weighted by Gasteiger charge is 2.23. The molecule has 0 atom stereocenters. The minimum atomic E-state index is -1.07. The number of hydrogen-bond donors (Lipinski definition) is 0. The molecule has 0 N–H and O–H groups in total. The third-order valence-electron chi connectivity index (χ3n) is 1.96. The van der Waals surface area contributed by atoms with Crippen molar-refractivity contribution in [3.63, 3.8) is 0 Å². The summed E-state index contributed by atoms with van der Waals surface area (Å²) in [6.45, 7) is 1.69. The number of nitro groups is 1. The first-order chi connectivity index (χ1) is 8.01. The van der Waals surface area contributed by atoms with Gasteiger partial charge in [0.1, 0.15) is 11.3 Å². The van der Waals surface area contributed by atoms with Crippen LogP contribution in [0.4, 0.5) is 10.1 Å². The van der Waals surface area contributed by atoms with Gasteiger partial charge in [-0.05, 0) is 6.92 Å². The number of esters is 1. The van der Waals surface area contributed by atoms with Gasteiger partial charge in [-0.3, -0.25) is 10.1 Å². The van der Waals surface area contributed by atoms with Crippen LogP contribution in [-0.2, 0) is 4.74 Å². The van der Waals surface area contributed by atoms with Crippen molar-refractivity contribution in [1.29, 1.82) is 0 Å². The van der Waals surface area contributed by atoms with Gasteiger partial charge in [-0.2, -0.15) is 4.39 Å². The largest absolute Gasteiger partial charge is 0.496 e. The van der Waals surface area contributed by atoms with Gasteiger partial charge in [0, 0.05) is 12.1 Å². The quantitative estimate of drug-likeness (QED) is 0.458. The molecule has 0 radical (unpaired) electrons. The van der Waals surface area contributed by atoms with Crippen LogP contribution in [0.5, 0.6) is 5.75 Å². The molecule has 1 aromatic carbocycles. The second kappa shape index (κ2) is 5.24. The Morgan fingerprint density at radius 1 is 1.53 bits per heavy atom. The lowest BCUT2D eigenvalue weighted by molar-refractivity contribution is -0.387. The molecule has 7 heteroatoms. The summed E-state index contributed by atoms with van der Waals surface area (Å²) in [6, 6.07) is 1.58. The number of hydrogen-bond acceptors (Lipinski definition) is 5. The standard InChI is InChI=1S/C10H10FNO5/c1-3-17-10(13)6-4-8(12(14)15)7(11)5-9(6)16-2/h4-5H,3H2,1-2H3. The minimum absolute atomic E-state index is 0.104. The van der Waals surface area contributed by atoms with E-state index in [1.807, 2.05) is 0 Å². The number of carbonyl (C=O) groups is 1. The molecule has 0 unspecified atom stereocenters. The monoisotopic (exact) mass is 243 g/mol. The molecule has 0 bridgehead atoms. The maximum absolute atomic E-state index is 13.2. The van der Waals surface area contributed by atoms with Crippen molar-refractivity contribution < 1.29 is 23.6 Å². The molecule has 0 aliphatic rings. The fraction of sp³-hybridized carbons (Fsp3) is 0.300. The van der Waals surface area contributed by atoms with Gasteiger partial charge in [-0.25, -0.2) is 4.79 Å². The Hall–Kier alpha value is -2.18. The van der Waals surface area contributed by atoms with Gasteiger partial charge in [0.25, 0.3) is 0 Å². The predicted molar refractivity (Wildman–Crippen MR) is 55.6 cm³/mol. The van der Waals surface area contributed by atoms with E-state index in [0.717, 1.165) is 12.1 Å². The Kier molecular flexibility index (Phi) is 3.97. The molecule has 0 saturated heterocycles. The lowest BCUT2D eigenvalue weighted by Gasteiger charge is -2.07. The molecule has 0 aromatic heterocycles. The van der Waals surface area contributed by atoms with Crippen LogP contribution in [0.25, 0.3) is 0 Å². The highest BCUT2D eigenvalue weighted by atomic mass is 19.1. The number of halogens is 1.